The van der Waals surface area contributed by atoms with Gasteiger partial charge in [0.05, 0.1) is 12.1 Å². The first-order valence-corrected chi connectivity index (χ1v) is 12.1. The number of alkyl halides is 3. The molecule has 2 amide bonds. The van der Waals surface area contributed by atoms with E-state index in [4.69, 9.17) is 4.74 Å². The number of hydroxylamine groups is 2. The van der Waals surface area contributed by atoms with E-state index in [2.05, 4.69) is 4.74 Å². The van der Waals surface area contributed by atoms with Crippen molar-refractivity contribution in [2.75, 3.05) is 13.2 Å². The van der Waals surface area contributed by atoms with E-state index in [1.807, 2.05) is 0 Å². The monoisotopic (exact) mass is 536 g/mol. The van der Waals surface area contributed by atoms with Crippen LogP contribution >= 0.6 is 0 Å². The SMILES string of the molecule is O=CN(O)C(COc1ccc(-c2ccc(OC(F)(F)F)cc2)cc1)CN1C(=O)c2ccccc2S1(=O)=O. The highest BCUT2D eigenvalue weighted by molar-refractivity contribution is 7.90. The molecule has 1 heterocycles. The number of rotatable bonds is 9. The van der Waals surface area contributed by atoms with E-state index in [-0.39, 0.29) is 34.3 Å². The third kappa shape index (κ3) is 5.67. The smallest absolute Gasteiger partial charge is 0.491 e. The molecule has 0 saturated carbocycles. The largest absolute Gasteiger partial charge is 0.573 e. The van der Waals surface area contributed by atoms with E-state index >= 15 is 0 Å². The van der Waals surface area contributed by atoms with Crippen LogP contribution in [-0.4, -0.2) is 60.9 Å². The van der Waals surface area contributed by atoms with Gasteiger partial charge in [-0.25, -0.2) is 17.8 Å². The minimum atomic E-state index is -4.79. The Kier molecular flexibility index (Phi) is 7.09. The Labute approximate surface area is 209 Å². The van der Waals surface area contributed by atoms with Crippen molar-refractivity contribution in [2.45, 2.75) is 17.3 Å². The summed E-state index contributed by atoms with van der Waals surface area (Å²) >= 11 is 0. The summed E-state index contributed by atoms with van der Waals surface area (Å²) in [6.45, 7) is -0.900. The van der Waals surface area contributed by atoms with Crippen LogP contribution < -0.4 is 9.47 Å². The van der Waals surface area contributed by atoms with E-state index < -0.39 is 34.9 Å². The molecule has 0 radical (unpaired) electrons. The minimum absolute atomic E-state index is 0.00801. The molecule has 4 rings (SSSR count). The maximum Gasteiger partial charge on any atom is 0.573 e. The van der Waals surface area contributed by atoms with Crippen molar-refractivity contribution >= 4 is 22.3 Å². The number of carbonyl (C=O) groups excluding carboxylic acids is 2. The molecule has 0 saturated heterocycles. The van der Waals surface area contributed by atoms with Crippen LogP contribution in [0.3, 0.4) is 0 Å². The third-order valence-corrected chi connectivity index (χ3v) is 7.30. The summed E-state index contributed by atoms with van der Waals surface area (Å²) in [7, 11) is -4.16. The van der Waals surface area contributed by atoms with Crippen LogP contribution in [0, 0.1) is 0 Å². The van der Waals surface area contributed by atoms with E-state index in [9.17, 15) is 36.4 Å². The lowest BCUT2D eigenvalue weighted by atomic mass is 10.1. The van der Waals surface area contributed by atoms with Crippen LogP contribution in [0.4, 0.5) is 13.2 Å². The van der Waals surface area contributed by atoms with Crippen molar-refractivity contribution in [1.29, 1.82) is 0 Å². The molecule has 0 bridgehead atoms. The zero-order valence-corrected chi connectivity index (χ0v) is 19.6. The van der Waals surface area contributed by atoms with Gasteiger partial charge in [-0.3, -0.25) is 14.8 Å². The Morgan fingerprint density at radius 3 is 2.05 bits per heavy atom. The number of benzene rings is 3. The van der Waals surface area contributed by atoms with Crippen LogP contribution in [0.15, 0.2) is 77.7 Å². The second-order valence-electron chi connectivity index (χ2n) is 7.88. The molecule has 1 unspecified atom stereocenters. The fraction of sp³-hybridized carbons (Fsp3) is 0.167. The fourth-order valence-corrected chi connectivity index (χ4v) is 5.29. The van der Waals surface area contributed by atoms with Crippen molar-refractivity contribution in [3.05, 3.63) is 78.4 Å². The van der Waals surface area contributed by atoms with Gasteiger partial charge in [-0.15, -0.1) is 13.2 Å². The van der Waals surface area contributed by atoms with Crippen LogP contribution in [0.1, 0.15) is 10.4 Å². The predicted molar refractivity (Wildman–Crippen MR) is 122 cm³/mol. The average molecular weight is 536 g/mol. The topological polar surface area (TPSA) is 113 Å². The lowest BCUT2D eigenvalue weighted by Gasteiger charge is -2.26. The Balaban J connectivity index is 1.43. The van der Waals surface area contributed by atoms with Crippen LogP contribution in [0.2, 0.25) is 0 Å². The molecule has 1 aliphatic heterocycles. The molecule has 1 N–H and O–H groups in total. The van der Waals surface area contributed by atoms with Gasteiger partial charge in [-0.1, -0.05) is 36.4 Å². The van der Waals surface area contributed by atoms with Crippen LogP contribution in [-0.2, 0) is 14.8 Å². The van der Waals surface area contributed by atoms with Gasteiger partial charge in [-0.2, -0.15) is 0 Å². The Morgan fingerprint density at radius 2 is 1.51 bits per heavy atom. The second kappa shape index (κ2) is 10.1. The predicted octanol–water partition coefficient (Wildman–Crippen LogP) is 3.69. The summed E-state index contributed by atoms with van der Waals surface area (Å²) in [5, 5.41) is 10.2. The van der Waals surface area contributed by atoms with Crippen molar-refractivity contribution in [3.63, 3.8) is 0 Å². The first kappa shape index (κ1) is 26.0. The van der Waals surface area contributed by atoms with Crippen LogP contribution in [0.25, 0.3) is 11.1 Å². The number of hydrogen-bond acceptors (Lipinski definition) is 7. The number of hydrogen-bond donors (Lipinski definition) is 1. The molecular weight excluding hydrogens is 517 g/mol. The highest BCUT2D eigenvalue weighted by Crippen LogP contribution is 2.31. The Bertz CT molecular complexity index is 1400. The molecule has 1 atom stereocenters. The highest BCUT2D eigenvalue weighted by Gasteiger charge is 2.42. The van der Waals surface area contributed by atoms with Crippen molar-refractivity contribution in [2.24, 2.45) is 0 Å². The molecule has 13 heteroatoms. The number of ether oxygens (including phenoxy) is 2. The highest BCUT2D eigenvalue weighted by atomic mass is 32.2. The zero-order valence-electron chi connectivity index (χ0n) is 18.8. The quantitative estimate of drug-likeness (QED) is 0.252. The Morgan fingerprint density at radius 1 is 0.946 bits per heavy atom. The summed E-state index contributed by atoms with van der Waals surface area (Å²) in [4.78, 5) is 23.7. The van der Waals surface area contributed by atoms with Crippen molar-refractivity contribution in [1.82, 2.24) is 9.37 Å². The number of nitrogens with zero attached hydrogens (tertiary/aromatic N) is 2. The number of fused-ring (bicyclic) bond motifs is 1. The molecule has 0 aromatic heterocycles. The molecule has 0 aliphatic carbocycles. The summed E-state index contributed by atoms with van der Waals surface area (Å²) in [6, 6.07) is 16.1. The molecular formula is C24H19F3N2O7S. The molecule has 3 aromatic rings. The van der Waals surface area contributed by atoms with Gasteiger partial charge in [0.1, 0.15) is 29.0 Å². The molecule has 3 aromatic carbocycles. The summed E-state index contributed by atoms with van der Waals surface area (Å²) in [6.07, 6.45) is -4.72. The normalized spacial score (nSPS) is 15.1. The standard InChI is InChI=1S/C24H19F3N2O7S/c25-24(26,27)36-20-11-7-17(8-12-20)16-5-9-19(10-6-16)35-14-18(28(32)15-30)13-29-23(31)21-3-1-2-4-22(21)37(29,33)34/h1-12,15,18,32H,13-14H2. The van der Waals surface area contributed by atoms with Crippen molar-refractivity contribution in [3.8, 4) is 22.6 Å². The summed E-state index contributed by atoms with van der Waals surface area (Å²) < 4.78 is 72.6. The summed E-state index contributed by atoms with van der Waals surface area (Å²) in [5.41, 5.74) is 1.26. The van der Waals surface area contributed by atoms with Gasteiger partial charge in [-0.05, 0) is 47.5 Å². The number of amides is 2. The lowest BCUT2D eigenvalue weighted by Crippen LogP contribution is -2.47. The van der Waals surface area contributed by atoms with E-state index in [1.54, 1.807) is 24.3 Å². The zero-order chi connectivity index (χ0) is 26.8. The molecule has 0 fully saturated rings. The first-order valence-electron chi connectivity index (χ1n) is 10.7. The average Bonchev–Trinajstić information content (AvgIpc) is 3.06. The van der Waals surface area contributed by atoms with E-state index in [0.717, 1.165) is 0 Å². The van der Waals surface area contributed by atoms with Gasteiger partial charge >= 0.3 is 6.36 Å². The van der Waals surface area contributed by atoms with E-state index in [1.165, 1.54) is 48.5 Å². The maximum absolute atomic E-state index is 12.8. The fourth-order valence-electron chi connectivity index (χ4n) is 3.69. The molecule has 37 heavy (non-hydrogen) atoms. The lowest BCUT2D eigenvalue weighted by molar-refractivity contribution is -0.274. The molecule has 9 nitrogen and oxygen atoms in total. The van der Waals surface area contributed by atoms with Gasteiger partial charge in [0.15, 0.2) is 0 Å². The minimum Gasteiger partial charge on any atom is -0.491 e. The number of carbonyl (C=O) groups is 2. The molecule has 194 valence electrons. The first-order chi connectivity index (χ1) is 17.5. The van der Waals surface area contributed by atoms with Gasteiger partial charge in [0.2, 0.25) is 6.41 Å². The van der Waals surface area contributed by atoms with Gasteiger partial charge in [0.25, 0.3) is 15.9 Å². The van der Waals surface area contributed by atoms with Gasteiger partial charge in [0, 0.05) is 0 Å². The van der Waals surface area contributed by atoms with Crippen LogP contribution in [0.5, 0.6) is 11.5 Å². The Hall–Kier alpha value is -4.10. The maximum atomic E-state index is 12.8. The van der Waals surface area contributed by atoms with E-state index in [0.29, 0.717) is 21.2 Å². The second-order valence-corrected chi connectivity index (χ2v) is 9.71. The third-order valence-electron chi connectivity index (χ3n) is 5.49. The summed E-state index contributed by atoms with van der Waals surface area (Å²) in [5.74, 6) is -0.840. The molecule has 0 spiro atoms. The van der Waals surface area contributed by atoms with Crippen molar-refractivity contribution < 1.29 is 45.9 Å². The number of sulfonamides is 1. The molecule has 1 aliphatic rings. The number of halogens is 3. The van der Waals surface area contributed by atoms with Gasteiger partial charge < -0.3 is 9.47 Å².